The number of ether oxygens (including phenoxy) is 1. The zero-order chi connectivity index (χ0) is 9.80. The molecule has 0 saturated carbocycles. The van der Waals surface area contributed by atoms with Gasteiger partial charge in [-0.05, 0) is 24.0 Å². The summed E-state index contributed by atoms with van der Waals surface area (Å²) in [6, 6.07) is 8.90. The molecule has 1 saturated heterocycles. The molecule has 2 rings (SSSR count). The summed E-state index contributed by atoms with van der Waals surface area (Å²) < 4.78 is 5.23. The summed E-state index contributed by atoms with van der Waals surface area (Å²) in [7, 11) is 0. The van der Waals surface area contributed by atoms with Crippen LogP contribution in [0.3, 0.4) is 0 Å². The molecule has 1 aliphatic heterocycles. The Kier molecular flexibility index (Phi) is 3.20. The summed E-state index contributed by atoms with van der Waals surface area (Å²) in [5.74, 6) is 0. The first-order chi connectivity index (χ1) is 6.90. The van der Waals surface area contributed by atoms with Gasteiger partial charge in [0.25, 0.3) is 0 Å². The third-order valence-electron chi connectivity index (χ3n) is 2.75. The molecule has 0 bridgehead atoms. The third-order valence-corrected chi connectivity index (χ3v) is 2.75. The van der Waals surface area contributed by atoms with Gasteiger partial charge in [-0.2, -0.15) is 0 Å². The van der Waals surface area contributed by atoms with E-state index in [1.165, 1.54) is 36.8 Å². The highest BCUT2D eigenvalue weighted by Crippen LogP contribution is 2.29. The van der Waals surface area contributed by atoms with Crippen molar-refractivity contribution in [2.45, 2.75) is 38.7 Å². The fourth-order valence-electron chi connectivity index (χ4n) is 1.72. The molecule has 1 fully saturated rings. The molecule has 14 heavy (non-hydrogen) atoms. The first-order valence-electron chi connectivity index (χ1n) is 5.60. The second-order valence-electron chi connectivity index (χ2n) is 4.02. The Morgan fingerprint density at radius 1 is 1.21 bits per heavy atom. The molecule has 1 atom stereocenters. The van der Waals surface area contributed by atoms with Gasteiger partial charge in [0.2, 0.25) is 0 Å². The first-order valence-corrected chi connectivity index (χ1v) is 5.60. The van der Waals surface area contributed by atoms with Gasteiger partial charge in [0.1, 0.15) is 6.10 Å². The van der Waals surface area contributed by atoms with Crippen molar-refractivity contribution in [2.24, 2.45) is 0 Å². The Hall–Kier alpha value is -0.820. The van der Waals surface area contributed by atoms with Crippen LogP contribution in [-0.2, 0) is 11.2 Å². The number of hydrogen-bond donors (Lipinski definition) is 0. The smallest absolute Gasteiger partial charge is 0.106 e. The van der Waals surface area contributed by atoms with E-state index < -0.39 is 0 Å². The van der Waals surface area contributed by atoms with Gasteiger partial charge >= 0.3 is 0 Å². The lowest BCUT2D eigenvalue weighted by atomic mass is 10.0. The van der Waals surface area contributed by atoms with E-state index in [2.05, 4.69) is 31.2 Å². The summed E-state index contributed by atoms with van der Waals surface area (Å²) in [4.78, 5) is 0. The SMILES string of the molecule is CCCCCc1ccc([C@H]2CO2)cc1. The normalized spacial score (nSPS) is 19.6. The van der Waals surface area contributed by atoms with Crippen LogP contribution in [0.25, 0.3) is 0 Å². The molecule has 0 spiro atoms. The molecular weight excluding hydrogens is 172 g/mol. The summed E-state index contributed by atoms with van der Waals surface area (Å²) in [5, 5.41) is 0. The summed E-state index contributed by atoms with van der Waals surface area (Å²) >= 11 is 0. The lowest BCUT2D eigenvalue weighted by Gasteiger charge is -2.01. The Bertz CT molecular complexity index is 272. The minimum absolute atomic E-state index is 0.402. The van der Waals surface area contributed by atoms with Crippen molar-refractivity contribution in [3.05, 3.63) is 35.4 Å². The quantitative estimate of drug-likeness (QED) is 0.511. The number of benzene rings is 1. The lowest BCUT2D eigenvalue weighted by molar-refractivity contribution is 0.415. The monoisotopic (exact) mass is 190 g/mol. The molecule has 0 unspecified atom stereocenters. The van der Waals surface area contributed by atoms with E-state index >= 15 is 0 Å². The molecule has 76 valence electrons. The molecule has 1 aromatic rings. The standard InChI is InChI=1S/C13H18O/c1-2-3-4-5-11-6-8-12(9-7-11)13-10-14-13/h6-9,13H,2-5,10H2,1H3/t13-/m1/s1. The predicted octanol–water partition coefficient (Wildman–Crippen LogP) is 3.49. The highest BCUT2D eigenvalue weighted by molar-refractivity contribution is 5.26. The summed E-state index contributed by atoms with van der Waals surface area (Å²) in [6.07, 6.45) is 5.58. The molecule has 1 heteroatoms. The van der Waals surface area contributed by atoms with Gasteiger partial charge in [-0.25, -0.2) is 0 Å². The average Bonchev–Trinajstić information content (AvgIpc) is 3.03. The van der Waals surface area contributed by atoms with E-state index in [4.69, 9.17) is 4.74 Å². The second-order valence-corrected chi connectivity index (χ2v) is 4.02. The topological polar surface area (TPSA) is 12.5 Å². The average molecular weight is 190 g/mol. The van der Waals surface area contributed by atoms with Crippen LogP contribution in [0.15, 0.2) is 24.3 Å². The molecule has 1 nitrogen and oxygen atoms in total. The van der Waals surface area contributed by atoms with Gasteiger partial charge in [0.05, 0.1) is 6.61 Å². The van der Waals surface area contributed by atoms with Gasteiger partial charge in [-0.3, -0.25) is 0 Å². The number of aryl methyl sites for hydroxylation is 1. The minimum atomic E-state index is 0.402. The van der Waals surface area contributed by atoms with E-state index in [1.807, 2.05) is 0 Å². The van der Waals surface area contributed by atoms with Crippen LogP contribution >= 0.6 is 0 Å². The third kappa shape index (κ3) is 2.58. The molecule has 0 aromatic heterocycles. The molecular formula is C13H18O. The van der Waals surface area contributed by atoms with Crippen molar-refractivity contribution < 1.29 is 4.74 Å². The number of unbranched alkanes of at least 4 members (excludes halogenated alkanes) is 2. The fraction of sp³-hybridized carbons (Fsp3) is 0.538. The van der Waals surface area contributed by atoms with Gasteiger partial charge in [-0.1, -0.05) is 44.0 Å². The predicted molar refractivity (Wildman–Crippen MR) is 58.4 cm³/mol. The van der Waals surface area contributed by atoms with Gasteiger partial charge in [0, 0.05) is 0 Å². The molecule has 1 aliphatic rings. The van der Waals surface area contributed by atoms with E-state index in [-0.39, 0.29) is 0 Å². The number of rotatable bonds is 5. The van der Waals surface area contributed by atoms with Crippen molar-refractivity contribution in [1.29, 1.82) is 0 Å². The minimum Gasteiger partial charge on any atom is -0.368 e. The van der Waals surface area contributed by atoms with Crippen LogP contribution in [0, 0.1) is 0 Å². The van der Waals surface area contributed by atoms with Gasteiger partial charge in [-0.15, -0.1) is 0 Å². The van der Waals surface area contributed by atoms with Crippen LogP contribution < -0.4 is 0 Å². The summed E-state index contributed by atoms with van der Waals surface area (Å²) in [5.41, 5.74) is 2.80. The number of hydrogen-bond acceptors (Lipinski definition) is 1. The zero-order valence-corrected chi connectivity index (χ0v) is 8.83. The highest BCUT2D eigenvalue weighted by atomic mass is 16.6. The molecule has 0 N–H and O–H groups in total. The maximum atomic E-state index is 5.23. The second kappa shape index (κ2) is 4.61. The largest absolute Gasteiger partial charge is 0.368 e. The highest BCUT2D eigenvalue weighted by Gasteiger charge is 2.23. The Labute approximate surface area is 86.1 Å². The van der Waals surface area contributed by atoms with E-state index in [9.17, 15) is 0 Å². The lowest BCUT2D eigenvalue weighted by Crippen LogP contribution is -1.87. The van der Waals surface area contributed by atoms with E-state index in [0.717, 1.165) is 6.61 Å². The zero-order valence-electron chi connectivity index (χ0n) is 8.83. The molecule has 1 heterocycles. The van der Waals surface area contributed by atoms with Gasteiger partial charge in [0.15, 0.2) is 0 Å². The fourth-order valence-corrected chi connectivity index (χ4v) is 1.72. The van der Waals surface area contributed by atoms with Crippen molar-refractivity contribution in [3.8, 4) is 0 Å². The molecule has 0 aliphatic carbocycles. The summed E-state index contributed by atoms with van der Waals surface area (Å²) in [6.45, 7) is 3.16. The van der Waals surface area contributed by atoms with Crippen LogP contribution in [0.1, 0.15) is 43.4 Å². The Morgan fingerprint density at radius 2 is 1.93 bits per heavy atom. The van der Waals surface area contributed by atoms with Crippen LogP contribution in [0.5, 0.6) is 0 Å². The molecule has 0 radical (unpaired) electrons. The van der Waals surface area contributed by atoms with Gasteiger partial charge < -0.3 is 4.74 Å². The van der Waals surface area contributed by atoms with Crippen LogP contribution in [0.2, 0.25) is 0 Å². The van der Waals surface area contributed by atoms with Crippen molar-refractivity contribution in [1.82, 2.24) is 0 Å². The Balaban J connectivity index is 1.86. The van der Waals surface area contributed by atoms with E-state index in [1.54, 1.807) is 0 Å². The first kappa shape index (κ1) is 9.72. The van der Waals surface area contributed by atoms with E-state index in [0.29, 0.717) is 6.10 Å². The van der Waals surface area contributed by atoms with Crippen molar-refractivity contribution >= 4 is 0 Å². The van der Waals surface area contributed by atoms with Crippen LogP contribution in [0.4, 0.5) is 0 Å². The molecule has 0 amide bonds. The molecule has 1 aromatic carbocycles. The maximum Gasteiger partial charge on any atom is 0.106 e. The van der Waals surface area contributed by atoms with Crippen molar-refractivity contribution in [2.75, 3.05) is 6.61 Å². The van der Waals surface area contributed by atoms with Crippen LogP contribution in [-0.4, -0.2) is 6.61 Å². The van der Waals surface area contributed by atoms with Crippen molar-refractivity contribution in [3.63, 3.8) is 0 Å². The number of epoxide rings is 1. The Morgan fingerprint density at radius 3 is 2.50 bits per heavy atom. The maximum absolute atomic E-state index is 5.23.